The summed E-state index contributed by atoms with van der Waals surface area (Å²) in [5.74, 6) is -1.30. The third kappa shape index (κ3) is 9.19. The van der Waals surface area contributed by atoms with E-state index in [-0.39, 0.29) is 66.4 Å². The number of aryl methyl sites for hydroxylation is 2. The van der Waals surface area contributed by atoms with Gasteiger partial charge in [-0.3, -0.25) is 19.4 Å². The largest absolute Gasteiger partial charge is 0.494 e. The smallest absolute Gasteiger partial charge is 0.471 e. The van der Waals surface area contributed by atoms with E-state index in [4.69, 9.17) is 25.8 Å². The molecule has 334 valence electrons. The Hall–Kier alpha value is -4.67. The molecule has 3 atom stereocenters. The van der Waals surface area contributed by atoms with Gasteiger partial charge in [0.25, 0.3) is 10.0 Å². The van der Waals surface area contributed by atoms with Crippen molar-refractivity contribution in [2.75, 3.05) is 31.8 Å². The van der Waals surface area contributed by atoms with Gasteiger partial charge in [-0.25, -0.2) is 17.9 Å². The van der Waals surface area contributed by atoms with Gasteiger partial charge in [0.15, 0.2) is 5.03 Å². The first-order valence-corrected chi connectivity index (χ1v) is 22.9. The quantitative estimate of drug-likeness (QED) is 0.0923. The molecule has 1 fully saturated rings. The Morgan fingerprint density at radius 3 is 2.55 bits per heavy atom. The Balaban J connectivity index is 1.15. The van der Waals surface area contributed by atoms with Gasteiger partial charge in [0.1, 0.15) is 17.0 Å². The molecule has 62 heavy (non-hydrogen) atoms. The zero-order valence-corrected chi connectivity index (χ0v) is 36.9. The lowest BCUT2D eigenvalue weighted by Gasteiger charge is -2.51. The van der Waals surface area contributed by atoms with Crippen molar-refractivity contribution in [2.45, 2.75) is 106 Å². The summed E-state index contributed by atoms with van der Waals surface area (Å²) >= 11 is 6.26. The van der Waals surface area contributed by atoms with Gasteiger partial charge in [-0.05, 0) is 141 Å². The fourth-order valence-electron chi connectivity index (χ4n) is 10.0. The maximum Gasteiger partial charge on any atom is 0.471 e. The van der Waals surface area contributed by atoms with Gasteiger partial charge >= 0.3 is 18.1 Å². The molecule has 0 unspecified atom stereocenters. The van der Waals surface area contributed by atoms with E-state index in [0.717, 1.165) is 60.9 Å². The summed E-state index contributed by atoms with van der Waals surface area (Å²) in [6, 6.07) is 14.7. The Kier molecular flexibility index (Phi) is 13.3. The minimum absolute atomic E-state index is 0.00576. The average molecular weight is 900 g/mol. The molecule has 0 aliphatic heterocycles. The van der Waals surface area contributed by atoms with Crippen LogP contribution in [0.1, 0.15) is 93.5 Å². The normalized spacial score (nSPS) is 22.7. The van der Waals surface area contributed by atoms with Gasteiger partial charge in [-0.15, -0.1) is 0 Å². The molecule has 0 bridgehead atoms. The number of benzene rings is 2. The number of nitrogens with one attached hydrogen (secondary N) is 1. The summed E-state index contributed by atoms with van der Waals surface area (Å²) < 4.78 is 90.6. The maximum absolute atomic E-state index is 14.5. The Morgan fingerprint density at radius 1 is 1.08 bits per heavy atom. The molecule has 0 radical (unpaired) electrons. The van der Waals surface area contributed by atoms with Crippen molar-refractivity contribution in [3.63, 3.8) is 0 Å². The molecule has 3 aliphatic carbocycles. The molecule has 12 nitrogen and oxygen atoms in total. The molecule has 1 saturated carbocycles. The molecule has 1 N–H and O–H groups in total. The van der Waals surface area contributed by atoms with Crippen LogP contribution in [0.15, 0.2) is 72.0 Å². The van der Waals surface area contributed by atoms with E-state index in [0.29, 0.717) is 36.0 Å². The highest BCUT2D eigenvalue weighted by molar-refractivity contribution is 7.89. The van der Waals surface area contributed by atoms with Crippen LogP contribution >= 0.6 is 11.6 Å². The molecular formula is C45H53ClF3N5O7S. The van der Waals surface area contributed by atoms with Gasteiger partial charge in [0.05, 0.1) is 20.3 Å². The predicted octanol–water partition coefficient (Wildman–Crippen LogP) is 8.25. The molecule has 2 heterocycles. The zero-order valence-electron chi connectivity index (χ0n) is 35.3. The Morgan fingerprint density at radius 2 is 1.85 bits per heavy atom. The zero-order chi connectivity index (χ0) is 44.5. The van der Waals surface area contributed by atoms with Crippen LogP contribution in [0.5, 0.6) is 11.5 Å². The molecule has 2 aromatic carbocycles. The third-order valence-electron chi connectivity index (χ3n) is 13.0. The van der Waals surface area contributed by atoms with Crippen molar-refractivity contribution in [1.82, 2.24) is 19.5 Å². The van der Waals surface area contributed by atoms with E-state index in [1.807, 2.05) is 24.3 Å². The maximum atomic E-state index is 14.5. The van der Waals surface area contributed by atoms with E-state index in [2.05, 4.69) is 28.7 Å². The number of fused-ring (bicyclic) bond motifs is 3. The van der Waals surface area contributed by atoms with E-state index in [1.165, 1.54) is 35.0 Å². The lowest BCUT2D eigenvalue weighted by molar-refractivity contribution is -0.174. The number of carbonyl (C=O) groups is 2. The van der Waals surface area contributed by atoms with Crippen molar-refractivity contribution < 1.29 is 45.4 Å². The lowest BCUT2D eigenvalue weighted by Crippen LogP contribution is -2.63. The number of esters is 1. The number of alkyl halides is 3. The summed E-state index contributed by atoms with van der Waals surface area (Å²) in [4.78, 5) is 32.5. The number of carbonyl (C=O) groups excluding carboxylic acids is 2. The number of halogens is 4. The van der Waals surface area contributed by atoms with Crippen LogP contribution in [0.25, 0.3) is 0 Å². The molecule has 17 heteroatoms. The van der Waals surface area contributed by atoms with E-state index in [1.54, 1.807) is 19.4 Å². The number of anilines is 1. The molecule has 4 aromatic rings. The van der Waals surface area contributed by atoms with Gasteiger partial charge in [-0.1, -0.05) is 37.6 Å². The van der Waals surface area contributed by atoms with Crippen molar-refractivity contribution >= 4 is 39.2 Å². The number of aromatic nitrogens is 3. The molecule has 7 rings (SSSR count). The fourth-order valence-corrected chi connectivity index (χ4v) is 11.2. The van der Waals surface area contributed by atoms with Gasteiger partial charge in [-0.2, -0.15) is 18.3 Å². The first kappa shape index (κ1) is 45.4. The fraction of sp³-hybridized carbons (Fsp3) is 0.511. The van der Waals surface area contributed by atoms with Crippen LogP contribution < -0.4 is 19.1 Å². The summed E-state index contributed by atoms with van der Waals surface area (Å²) in [5.41, 5.74) is 1.56. The van der Waals surface area contributed by atoms with Crippen molar-refractivity contribution in [2.24, 2.45) is 18.9 Å². The Bertz CT molecular complexity index is 2380. The van der Waals surface area contributed by atoms with Crippen molar-refractivity contribution in [3.8, 4) is 11.5 Å². The highest BCUT2D eigenvalue weighted by Crippen LogP contribution is 2.58. The number of amides is 1. The Labute approximate surface area is 365 Å². The summed E-state index contributed by atoms with van der Waals surface area (Å²) in [6.07, 6.45) is 3.19. The molecule has 1 spiro atoms. The minimum atomic E-state index is -5.30. The summed E-state index contributed by atoms with van der Waals surface area (Å²) in [5, 5.41) is 4.00. The first-order valence-electron chi connectivity index (χ1n) is 21.1. The van der Waals surface area contributed by atoms with Crippen LogP contribution in [-0.4, -0.2) is 73.6 Å². The second kappa shape index (κ2) is 18.2. The van der Waals surface area contributed by atoms with E-state index < -0.39 is 39.0 Å². The number of sulfonamides is 1. The van der Waals surface area contributed by atoms with Crippen LogP contribution in [-0.2, 0) is 49.7 Å². The monoisotopic (exact) mass is 899 g/mol. The number of nitrogens with zero attached hydrogens (tertiary/aromatic N) is 4. The number of hydrogen-bond donors (Lipinski definition) is 1. The number of pyridine rings is 1. The van der Waals surface area contributed by atoms with E-state index >= 15 is 0 Å². The number of rotatable bonds is 15. The average Bonchev–Trinajstić information content (AvgIpc) is 3.81. The number of hydrogen-bond acceptors (Lipinski definition) is 9. The highest BCUT2D eigenvalue weighted by Gasteiger charge is 2.60. The molecule has 0 saturated heterocycles. The SMILES string of the molecule is COC(=O)C1(N(C(=O)C(F)(F)F)c2cccc(Cl)c2)CCC2(CC1)c1cc(OCCCNS(=O)(=O)c3ccn(C)n3)ccc1C[C@@H]2C[C@@H](C)COc1ccnc2c1[C@H](C)CCC2. The van der Waals surface area contributed by atoms with E-state index in [9.17, 15) is 31.2 Å². The van der Waals surface area contributed by atoms with Crippen LogP contribution in [0.2, 0.25) is 5.02 Å². The predicted molar refractivity (Wildman–Crippen MR) is 227 cm³/mol. The lowest BCUT2D eigenvalue weighted by atomic mass is 9.59. The van der Waals surface area contributed by atoms with Gasteiger partial charge in [0.2, 0.25) is 0 Å². The first-order chi connectivity index (χ1) is 29.5. The molecular weight excluding hydrogens is 847 g/mol. The third-order valence-corrected chi connectivity index (χ3v) is 14.6. The van der Waals surface area contributed by atoms with Crippen molar-refractivity contribution in [1.29, 1.82) is 0 Å². The highest BCUT2D eigenvalue weighted by atomic mass is 35.5. The van der Waals surface area contributed by atoms with Crippen LogP contribution in [0.3, 0.4) is 0 Å². The van der Waals surface area contributed by atoms with Crippen LogP contribution in [0, 0.1) is 11.8 Å². The van der Waals surface area contributed by atoms with Gasteiger partial charge < -0.3 is 14.2 Å². The van der Waals surface area contributed by atoms with Gasteiger partial charge in [0, 0.05) is 48.0 Å². The summed E-state index contributed by atoms with van der Waals surface area (Å²) in [7, 11) is -1.04. The topological polar surface area (TPSA) is 142 Å². The molecule has 3 aliphatic rings. The molecule has 1 amide bonds. The molecule has 2 aromatic heterocycles. The standard InChI is InChI=1S/C45H53ClF3N5O7S/c1-29(28-61-38-14-21-50-37-11-5-8-30(2)40(37)38)24-32-25-31-12-13-35(60-23-7-20-51-62(57,58)39-15-22-53(3)52-39)27-36(31)43(32)16-18-44(19-17-43,42(56)59-4)54(41(55)45(47,48)49)34-10-6-9-33(46)26-34/h6,9-10,12-15,21-22,26-27,29-30,32,51H,5,7-8,11,16-20,23-25,28H2,1-4H3/t29-,30-,32+,43?,44?/m1/s1. The number of methoxy groups -OCH3 is 1. The van der Waals surface area contributed by atoms with Crippen LogP contribution in [0.4, 0.5) is 18.9 Å². The summed E-state index contributed by atoms with van der Waals surface area (Å²) in [6.45, 7) is 5.09. The second-order valence-electron chi connectivity index (χ2n) is 17.1. The number of ether oxygens (including phenoxy) is 3. The minimum Gasteiger partial charge on any atom is -0.494 e. The van der Waals surface area contributed by atoms with Crippen molar-refractivity contribution in [3.05, 3.63) is 94.4 Å². The second-order valence-corrected chi connectivity index (χ2v) is 19.2.